The Morgan fingerprint density at radius 1 is 1.68 bits per heavy atom. The number of rotatable bonds is 3. The summed E-state index contributed by atoms with van der Waals surface area (Å²) in [4.78, 5) is 15.0. The van der Waals surface area contributed by atoms with Crippen molar-refractivity contribution in [2.45, 2.75) is 24.1 Å². The highest BCUT2D eigenvalue weighted by Gasteiger charge is 2.61. The summed E-state index contributed by atoms with van der Waals surface area (Å²) < 4.78 is 32.7. The molecule has 7 nitrogen and oxygen atoms in total. The molecule has 0 bridgehead atoms. The van der Waals surface area contributed by atoms with Gasteiger partial charge in [0.05, 0.1) is 13.0 Å². The Kier molecular flexibility index (Phi) is 3.29. The number of aliphatic hydroxyl groups excluding tert-OH is 1. The molecule has 9 heteroatoms. The molecule has 1 aromatic rings. The fourth-order valence-electron chi connectivity index (χ4n) is 1.94. The van der Waals surface area contributed by atoms with Gasteiger partial charge in [-0.1, -0.05) is 0 Å². The molecular weight excluding hydrogens is 264 g/mol. The molecule has 1 aliphatic heterocycles. The number of nitrogens with two attached hydrogens (primary N) is 1. The van der Waals surface area contributed by atoms with E-state index in [4.69, 9.17) is 15.6 Å². The van der Waals surface area contributed by atoms with Crippen molar-refractivity contribution in [1.82, 2.24) is 9.55 Å². The van der Waals surface area contributed by atoms with E-state index in [1.54, 1.807) is 0 Å². The van der Waals surface area contributed by atoms with Crippen LogP contribution in [0.4, 0.5) is 14.6 Å². The third kappa shape index (κ3) is 2.09. The van der Waals surface area contributed by atoms with Crippen molar-refractivity contribution in [3.63, 3.8) is 0 Å². The lowest BCUT2D eigenvalue weighted by Gasteiger charge is -2.30. The van der Waals surface area contributed by atoms with Crippen LogP contribution in [0.25, 0.3) is 0 Å². The summed E-state index contributed by atoms with van der Waals surface area (Å²) in [6.45, 7) is -2.51. The van der Waals surface area contributed by atoms with Crippen LogP contribution in [0.1, 0.15) is 12.6 Å². The zero-order valence-corrected chi connectivity index (χ0v) is 9.79. The second-order valence-corrected chi connectivity index (χ2v) is 4.36. The van der Waals surface area contributed by atoms with Gasteiger partial charge in [0.1, 0.15) is 18.7 Å². The van der Waals surface area contributed by atoms with E-state index < -0.39 is 43.1 Å². The number of alkyl halides is 2. The molecule has 0 aromatic carbocycles. The third-order valence-electron chi connectivity index (χ3n) is 3.14. The first kappa shape index (κ1) is 13.8. The molecule has 1 aliphatic rings. The number of hydrogen-bond donors (Lipinski definition) is 3. The zero-order valence-electron chi connectivity index (χ0n) is 9.79. The lowest BCUT2D eigenvalue weighted by Crippen LogP contribution is -2.52. The number of nitrogens with zero attached hydrogens (tertiary/aromatic N) is 2. The molecule has 0 aliphatic carbocycles. The number of aliphatic hydroxyl groups is 2. The Labute approximate surface area is 106 Å². The molecule has 0 spiro atoms. The number of hydrogen-bond acceptors (Lipinski definition) is 6. The number of ether oxygens (including phenoxy) is 1. The molecule has 0 radical (unpaired) electrons. The minimum absolute atomic E-state index is 0.0336. The predicted molar refractivity (Wildman–Crippen MR) is 59.5 cm³/mol. The van der Waals surface area contributed by atoms with Gasteiger partial charge in [-0.25, -0.2) is 13.6 Å². The summed E-state index contributed by atoms with van der Waals surface area (Å²) >= 11 is 0. The molecule has 0 amide bonds. The fourth-order valence-corrected chi connectivity index (χ4v) is 1.94. The molecule has 1 saturated heterocycles. The molecule has 1 fully saturated rings. The van der Waals surface area contributed by atoms with Gasteiger partial charge in [0.15, 0.2) is 5.60 Å². The van der Waals surface area contributed by atoms with Gasteiger partial charge in [0.2, 0.25) is 5.85 Å². The van der Waals surface area contributed by atoms with Crippen molar-refractivity contribution in [1.29, 1.82) is 0 Å². The summed E-state index contributed by atoms with van der Waals surface area (Å²) in [5, 5.41) is 18.6. The van der Waals surface area contributed by atoms with Crippen molar-refractivity contribution in [2.24, 2.45) is 0 Å². The Morgan fingerprint density at radius 3 is 2.84 bits per heavy atom. The third-order valence-corrected chi connectivity index (χ3v) is 3.14. The number of halogens is 2. The van der Waals surface area contributed by atoms with Crippen LogP contribution in [0.3, 0.4) is 0 Å². The van der Waals surface area contributed by atoms with E-state index in [0.29, 0.717) is 0 Å². The van der Waals surface area contributed by atoms with Gasteiger partial charge in [-0.15, -0.1) is 0 Å². The summed E-state index contributed by atoms with van der Waals surface area (Å²) in [6, 6.07) is 1.27. The van der Waals surface area contributed by atoms with Crippen LogP contribution in [0.2, 0.25) is 0 Å². The fraction of sp³-hybridized carbons (Fsp3) is 0.600. The number of aromatic nitrogens is 2. The van der Waals surface area contributed by atoms with E-state index in [1.165, 1.54) is 12.3 Å². The smallest absolute Gasteiger partial charge is 0.351 e. The highest BCUT2D eigenvalue weighted by atomic mass is 19.2. The molecule has 0 saturated carbocycles. The maximum atomic E-state index is 13.9. The van der Waals surface area contributed by atoms with Gasteiger partial charge in [0.25, 0.3) is 0 Å². The Balaban J connectivity index is 2.37. The second kappa shape index (κ2) is 4.51. The van der Waals surface area contributed by atoms with Crippen LogP contribution in [0.5, 0.6) is 0 Å². The highest BCUT2D eigenvalue weighted by molar-refractivity contribution is 5.23. The van der Waals surface area contributed by atoms with E-state index in [0.717, 1.165) is 4.57 Å². The van der Waals surface area contributed by atoms with Gasteiger partial charge < -0.3 is 20.7 Å². The van der Waals surface area contributed by atoms with E-state index in [2.05, 4.69) is 4.98 Å². The minimum atomic E-state index is -3.10. The van der Waals surface area contributed by atoms with Crippen molar-refractivity contribution < 1.29 is 23.7 Å². The SMILES string of the molecule is Nc1ccn([C@H]2C[C@](O)(F)[C@](CO)(CF)O2)c(=O)n1. The van der Waals surface area contributed by atoms with E-state index >= 15 is 0 Å². The van der Waals surface area contributed by atoms with Crippen molar-refractivity contribution in [3.05, 3.63) is 22.7 Å². The first-order valence-electron chi connectivity index (χ1n) is 5.46. The van der Waals surface area contributed by atoms with Crippen LogP contribution < -0.4 is 11.4 Å². The Morgan fingerprint density at radius 2 is 2.37 bits per heavy atom. The van der Waals surface area contributed by atoms with Gasteiger partial charge >= 0.3 is 5.69 Å². The molecule has 2 heterocycles. The van der Waals surface area contributed by atoms with E-state index in [9.17, 15) is 18.7 Å². The molecule has 1 aromatic heterocycles. The normalized spacial score (nSPS) is 34.6. The predicted octanol–water partition coefficient (Wildman–Crippen LogP) is -0.897. The number of anilines is 1. The van der Waals surface area contributed by atoms with Crippen molar-refractivity contribution in [3.8, 4) is 0 Å². The lowest BCUT2D eigenvalue weighted by atomic mass is 9.97. The Hall–Kier alpha value is -1.58. The molecular formula is C10H13F2N3O4. The van der Waals surface area contributed by atoms with E-state index in [-0.39, 0.29) is 5.82 Å². The lowest BCUT2D eigenvalue weighted by molar-refractivity contribution is -0.223. The molecule has 106 valence electrons. The highest BCUT2D eigenvalue weighted by Crippen LogP contribution is 2.45. The van der Waals surface area contributed by atoms with E-state index in [1.807, 2.05) is 0 Å². The standard InChI is InChI=1S/C10H13F2N3O4/c11-4-9(5-16)10(12,18)3-7(19-9)15-2-1-6(13)14-8(15)17/h1-2,7,16,18H,3-5H2,(H2,13,14,17)/t7-,9-,10-/m1/s1. The largest absolute Gasteiger partial charge is 0.393 e. The van der Waals surface area contributed by atoms with Crippen LogP contribution in [0, 0.1) is 0 Å². The molecule has 4 N–H and O–H groups in total. The van der Waals surface area contributed by atoms with Crippen LogP contribution in [-0.4, -0.2) is 44.5 Å². The number of nitrogen functional groups attached to an aromatic ring is 1. The van der Waals surface area contributed by atoms with Crippen LogP contribution >= 0.6 is 0 Å². The summed E-state index contributed by atoms with van der Waals surface area (Å²) in [6.07, 6.45) is -0.793. The molecule has 2 rings (SSSR count). The zero-order chi connectivity index (χ0) is 14.3. The maximum Gasteiger partial charge on any atom is 0.351 e. The van der Waals surface area contributed by atoms with Gasteiger partial charge in [-0.2, -0.15) is 4.98 Å². The van der Waals surface area contributed by atoms with Crippen molar-refractivity contribution >= 4 is 5.82 Å². The minimum Gasteiger partial charge on any atom is -0.393 e. The average Bonchev–Trinajstić information content (AvgIpc) is 2.60. The molecule has 0 unspecified atom stereocenters. The van der Waals surface area contributed by atoms with Crippen molar-refractivity contribution in [2.75, 3.05) is 19.0 Å². The van der Waals surface area contributed by atoms with Gasteiger partial charge in [-0.05, 0) is 6.07 Å². The van der Waals surface area contributed by atoms with Gasteiger partial charge in [-0.3, -0.25) is 4.57 Å². The first-order valence-corrected chi connectivity index (χ1v) is 5.46. The second-order valence-electron chi connectivity index (χ2n) is 4.36. The van der Waals surface area contributed by atoms with Crippen LogP contribution in [0.15, 0.2) is 17.1 Å². The summed E-state index contributed by atoms with van der Waals surface area (Å²) in [5.41, 5.74) is 2.07. The molecule has 19 heavy (non-hydrogen) atoms. The summed E-state index contributed by atoms with van der Waals surface area (Å²) in [5.74, 6) is -3.13. The van der Waals surface area contributed by atoms with Crippen LogP contribution in [-0.2, 0) is 4.74 Å². The monoisotopic (exact) mass is 277 g/mol. The average molecular weight is 277 g/mol. The molecule has 3 atom stereocenters. The Bertz CT molecular complexity index is 530. The first-order chi connectivity index (χ1) is 8.85. The van der Waals surface area contributed by atoms with Gasteiger partial charge in [0, 0.05) is 6.20 Å². The maximum absolute atomic E-state index is 13.9. The summed E-state index contributed by atoms with van der Waals surface area (Å²) in [7, 11) is 0. The quantitative estimate of drug-likeness (QED) is 0.660. The topological polar surface area (TPSA) is 111 Å².